The van der Waals surface area contributed by atoms with Crippen LogP contribution in [0, 0.1) is 0 Å². The van der Waals surface area contributed by atoms with E-state index < -0.39 is 5.54 Å². The van der Waals surface area contributed by atoms with Crippen molar-refractivity contribution in [2.24, 2.45) is 5.73 Å². The van der Waals surface area contributed by atoms with Gasteiger partial charge in [0.1, 0.15) is 0 Å². The fraction of sp³-hybridized carbons (Fsp3) is 0.286. The largest absolute Gasteiger partial charge is 0.350 e. The molecule has 0 spiro atoms. The first kappa shape index (κ1) is 16.2. The Balaban J connectivity index is 0.00000200. The first-order valence-electron chi connectivity index (χ1n) is 6.06. The Morgan fingerprint density at radius 3 is 2.65 bits per heavy atom. The highest BCUT2D eigenvalue weighted by Crippen LogP contribution is 2.14. The number of rotatable bonds is 3. The molecule has 1 aromatic heterocycles. The molecule has 5 nitrogen and oxygen atoms in total. The zero-order valence-corrected chi connectivity index (χ0v) is 12.2. The van der Waals surface area contributed by atoms with Gasteiger partial charge >= 0.3 is 0 Å². The molecule has 1 heterocycles. The first-order valence-corrected chi connectivity index (χ1v) is 6.06. The predicted molar refractivity (Wildman–Crippen MR) is 81.9 cm³/mol. The molecule has 2 aromatic rings. The third-order valence-electron chi connectivity index (χ3n) is 2.86. The van der Waals surface area contributed by atoms with Crippen LogP contribution in [0.1, 0.15) is 19.4 Å². The summed E-state index contributed by atoms with van der Waals surface area (Å²) in [6.07, 6.45) is 0. The Morgan fingerprint density at radius 2 is 2.00 bits per heavy atom. The van der Waals surface area contributed by atoms with E-state index in [2.05, 4.69) is 10.3 Å². The average molecular weight is 296 g/mol. The van der Waals surface area contributed by atoms with E-state index in [9.17, 15) is 9.59 Å². The molecule has 0 fully saturated rings. The van der Waals surface area contributed by atoms with Crippen molar-refractivity contribution in [3.05, 3.63) is 46.2 Å². The number of para-hydroxylation sites is 1. The van der Waals surface area contributed by atoms with Crippen LogP contribution in [0.3, 0.4) is 0 Å². The minimum atomic E-state index is -0.934. The minimum Gasteiger partial charge on any atom is -0.350 e. The summed E-state index contributed by atoms with van der Waals surface area (Å²) >= 11 is 0. The van der Waals surface area contributed by atoms with Crippen molar-refractivity contribution < 1.29 is 4.79 Å². The van der Waals surface area contributed by atoms with Gasteiger partial charge in [0.2, 0.25) is 11.5 Å². The number of fused-ring (bicyclic) bond motifs is 1. The molecule has 20 heavy (non-hydrogen) atoms. The van der Waals surface area contributed by atoms with Gasteiger partial charge in [-0.1, -0.05) is 18.2 Å². The number of halogens is 1. The molecule has 1 amide bonds. The van der Waals surface area contributed by atoms with Crippen LogP contribution < -0.4 is 16.6 Å². The van der Waals surface area contributed by atoms with E-state index in [0.717, 1.165) is 16.5 Å². The molecule has 0 aliphatic rings. The second-order valence-electron chi connectivity index (χ2n) is 5.11. The highest BCUT2D eigenvalue weighted by atomic mass is 35.5. The fourth-order valence-electron chi connectivity index (χ4n) is 1.83. The number of hydrogen-bond donors (Lipinski definition) is 3. The highest BCUT2D eigenvalue weighted by Gasteiger charge is 2.21. The summed E-state index contributed by atoms with van der Waals surface area (Å²) in [6, 6.07) is 8.96. The van der Waals surface area contributed by atoms with Crippen molar-refractivity contribution in [1.82, 2.24) is 10.3 Å². The number of aromatic amines is 1. The standard InChI is InChI=1S/C14H17N3O2.ClH/c1-14(2,15)13(19)16-8-9-7-12(18)17-11-6-4-3-5-10(9)11;/h3-7H,8,15H2,1-2H3,(H,16,19)(H,17,18);1H. The lowest BCUT2D eigenvalue weighted by atomic mass is 10.1. The Kier molecular flexibility index (Phi) is 4.92. The van der Waals surface area contributed by atoms with Gasteiger partial charge in [-0.05, 0) is 25.5 Å². The van der Waals surface area contributed by atoms with E-state index in [4.69, 9.17) is 5.73 Å². The number of nitrogens with one attached hydrogen (secondary N) is 2. The number of aromatic nitrogens is 1. The molecule has 0 saturated carbocycles. The summed E-state index contributed by atoms with van der Waals surface area (Å²) in [5.41, 5.74) is 6.12. The van der Waals surface area contributed by atoms with Gasteiger partial charge in [0.15, 0.2) is 0 Å². The van der Waals surface area contributed by atoms with Crippen molar-refractivity contribution in [3.8, 4) is 0 Å². The second kappa shape index (κ2) is 6.07. The monoisotopic (exact) mass is 295 g/mol. The van der Waals surface area contributed by atoms with Crippen molar-refractivity contribution in [1.29, 1.82) is 0 Å². The number of carbonyl (C=O) groups is 1. The molecule has 0 bridgehead atoms. The van der Waals surface area contributed by atoms with Crippen molar-refractivity contribution in [3.63, 3.8) is 0 Å². The van der Waals surface area contributed by atoms with Gasteiger partial charge in [-0.25, -0.2) is 0 Å². The average Bonchev–Trinajstić information content (AvgIpc) is 2.34. The Hall–Kier alpha value is -1.85. The van der Waals surface area contributed by atoms with E-state index in [1.165, 1.54) is 6.07 Å². The molecule has 0 unspecified atom stereocenters. The fourth-order valence-corrected chi connectivity index (χ4v) is 1.83. The van der Waals surface area contributed by atoms with E-state index in [0.29, 0.717) is 0 Å². The van der Waals surface area contributed by atoms with Crippen LogP contribution in [0.2, 0.25) is 0 Å². The van der Waals surface area contributed by atoms with Crippen LogP contribution in [0.15, 0.2) is 35.1 Å². The Morgan fingerprint density at radius 1 is 1.35 bits per heavy atom. The highest BCUT2D eigenvalue weighted by molar-refractivity contribution is 5.86. The van der Waals surface area contributed by atoms with E-state index in [-0.39, 0.29) is 30.4 Å². The third kappa shape index (κ3) is 3.59. The van der Waals surface area contributed by atoms with Crippen LogP contribution in [0.25, 0.3) is 10.9 Å². The minimum absolute atomic E-state index is 0. The summed E-state index contributed by atoms with van der Waals surface area (Å²) < 4.78 is 0. The molecule has 0 atom stereocenters. The lowest BCUT2D eigenvalue weighted by Crippen LogP contribution is -2.48. The van der Waals surface area contributed by atoms with Gasteiger partial charge in [-0.15, -0.1) is 12.4 Å². The summed E-state index contributed by atoms with van der Waals surface area (Å²) in [4.78, 5) is 26.0. The van der Waals surface area contributed by atoms with E-state index >= 15 is 0 Å². The lowest BCUT2D eigenvalue weighted by molar-refractivity contribution is -0.125. The number of carbonyl (C=O) groups excluding carboxylic acids is 1. The van der Waals surface area contributed by atoms with Gasteiger partial charge < -0.3 is 16.0 Å². The Bertz CT molecular complexity index is 674. The molecule has 0 aliphatic carbocycles. The van der Waals surface area contributed by atoms with Crippen molar-refractivity contribution in [2.45, 2.75) is 25.9 Å². The number of nitrogens with two attached hydrogens (primary N) is 1. The number of H-pyrrole nitrogens is 1. The third-order valence-corrected chi connectivity index (χ3v) is 2.86. The summed E-state index contributed by atoms with van der Waals surface area (Å²) in [6.45, 7) is 3.56. The van der Waals surface area contributed by atoms with Gasteiger partial charge in [0.25, 0.3) is 0 Å². The smallest absolute Gasteiger partial charge is 0.248 e. The molecule has 6 heteroatoms. The first-order chi connectivity index (χ1) is 8.88. The molecule has 2 rings (SSSR count). The second-order valence-corrected chi connectivity index (χ2v) is 5.11. The maximum absolute atomic E-state index is 11.7. The molecule has 4 N–H and O–H groups in total. The van der Waals surface area contributed by atoms with E-state index in [1.54, 1.807) is 13.8 Å². The van der Waals surface area contributed by atoms with Gasteiger partial charge in [-0.3, -0.25) is 9.59 Å². The van der Waals surface area contributed by atoms with Crippen LogP contribution in [-0.4, -0.2) is 16.4 Å². The maximum atomic E-state index is 11.7. The predicted octanol–water partition coefficient (Wildman–Crippen LogP) is 1.30. The Labute approximate surface area is 123 Å². The topological polar surface area (TPSA) is 88.0 Å². The van der Waals surface area contributed by atoms with Crippen LogP contribution in [0.4, 0.5) is 0 Å². The van der Waals surface area contributed by atoms with Gasteiger partial charge in [0.05, 0.1) is 5.54 Å². The van der Waals surface area contributed by atoms with E-state index in [1.807, 2.05) is 24.3 Å². The zero-order valence-electron chi connectivity index (χ0n) is 11.4. The van der Waals surface area contributed by atoms with Crippen LogP contribution >= 0.6 is 12.4 Å². The normalized spacial score (nSPS) is 10.9. The quantitative estimate of drug-likeness (QED) is 0.797. The summed E-state index contributed by atoms with van der Waals surface area (Å²) in [5.74, 6) is -0.253. The molecule has 108 valence electrons. The van der Waals surface area contributed by atoms with Crippen LogP contribution in [0.5, 0.6) is 0 Å². The summed E-state index contributed by atoms with van der Waals surface area (Å²) in [7, 11) is 0. The lowest BCUT2D eigenvalue weighted by Gasteiger charge is -2.18. The van der Waals surface area contributed by atoms with Crippen molar-refractivity contribution in [2.75, 3.05) is 0 Å². The summed E-state index contributed by atoms with van der Waals surface area (Å²) in [5, 5.41) is 3.66. The molecule has 0 aliphatic heterocycles. The van der Waals surface area contributed by atoms with Crippen molar-refractivity contribution >= 4 is 29.2 Å². The molecular formula is C14H18ClN3O2. The molecule has 0 radical (unpaired) electrons. The number of amides is 1. The SMILES string of the molecule is CC(C)(N)C(=O)NCc1cc(=O)[nH]c2ccccc12.Cl. The molecule has 0 saturated heterocycles. The number of hydrogen-bond acceptors (Lipinski definition) is 3. The number of benzene rings is 1. The van der Waals surface area contributed by atoms with Crippen LogP contribution in [-0.2, 0) is 11.3 Å². The zero-order chi connectivity index (χ0) is 14.0. The molecule has 1 aromatic carbocycles. The maximum Gasteiger partial charge on any atom is 0.248 e. The van der Waals surface area contributed by atoms with Gasteiger partial charge in [-0.2, -0.15) is 0 Å². The van der Waals surface area contributed by atoms with Gasteiger partial charge in [0, 0.05) is 23.5 Å². The number of pyridine rings is 1. The molecular weight excluding hydrogens is 278 g/mol.